The number of rotatable bonds is 5. The first-order chi connectivity index (χ1) is 11.7. The highest BCUT2D eigenvalue weighted by Gasteiger charge is 2.42. The summed E-state index contributed by atoms with van der Waals surface area (Å²) in [6.45, 7) is 3.71. The molecule has 2 N–H and O–H groups in total. The molecule has 0 heterocycles. The first-order valence-electron chi connectivity index (χ1n) is 7.74. The zero-order valence-corrected chi connectivity index (χ0v) is 16.3. The zero-order chi connectivity index (χ0) is 18.8. The monoisotopic (exact) mass is 404 g/mol. The van der Waals surface area contributed by atoms with E-state index in [0.717, 1.165) is 15.6 Å². The van der Waals surface area contributed by atoms with E-state index in [1.165, 1.54) is 0 Å². The minimum absolute atomic E-state index is 0.270. The molecule has 0 aliphatic heterocycles. The van der Waals surface area contributed by atoms with E-state index >= 15 is 0 Å². The molecule has 1 aliphatic rings. The number of carbonyl (C=O) groups is 1. The van der Waals surface area contributed by atoms with E-state index in [4.69, 9.17) is 15.2 Å². The van der Waals surface area contributed by atoms with Crippen molar-refractivity contribution in [2.24, 2.45) is 5.73 Å². The lowest BCUT2D eigenvalue weighted by Gasteiger charge is -2.37. The normalized spacial score (nSPS) is 20.3. The van der Waals surface area contributed by atoms with Crippen molar-refractivity contribution in [1.82, 2.24) is 0 Å². The number of halogens is 1. The summed E-state index contributed by atoms with van der Waals surface area (Å²) in [6, 6.07) is 7.97. The summed E-state index contributed by atoms with van der Waals surface area (Å²) in [4.78, 5) is 11.7. The third-order valence-electron chi connectivity index (χ3n) is 4.55. The van der Waals surface area contributed by atoms with Gasteiger partial charge in [0.2, 0.25) is 5.91 Å². The quantitative estimate of drug-likeness (QED) is 0.813. The van der Waals surface area contributed by atoms with Gasteiger partial charge in [0, 0.05) is 23.6 Å². The third kappa shape index (κ3) is 3.35. The van der Waals surface area contributed by atoms with Crippen LogP contribution in [0.2, 0.25) is 0 Å². The summed E-state index contributed by atoms with van der Waals surface area (Å²) in [6.07, 6.45) is 3.63. The predicted molar refractivity (Wildman–Crippen MR) is 98.5 cm³/mol. The number of methoxy groups -OCH3 is 2. The van der Waals surface area contributed by atoms with Crippen LogP contribution in [0.15, 0.2) is 46.2 Å². The average molecular weight is 405 g/mol. The van der Waals surface area contributed by atoms with Crippen LogP contribution in [0.5, 0.6) is 0 Å². The van der Waals surface area contributed by atoms with Gasteiger partial charge in [-0.25, -0.2) is 0 Å². The molecule has 1 aliphatic carbocycles. The molecule has 0 saturated heterocycles. The van der Waals surface area contributed by atoms with Crippen molar-refractivity contribution in [2.45, 2.75) is 31.3 Å². The molecule has 0 bridgehead atoms. The third-order valence-corrected chi connectivity index (χ3v) is 5.20. The fourth-order valence-electron chi connectivity index (χ4n) is 3.00. The second kappa shape index (κ2) is 7.03. The van der Waals surface area contributed by atoms with Crippen LogP contribution < -0.4 is 5.73 Å². The Morgan fingerprint density at radius 1 is 1.36 bits per heavy atom. The highest BCUT2D eigenvalue weighted by molar-refractivity contribution is 9.10. The fourth-order valence-corrected chi connectivity index (χ4v) is 3.87. The van der Waals surface area contributed by atoms with Crippen molar-refractivity contribution in [3.63, 3.8) is 0 Å². The number of nitrogens with two attached hydrogens (primary N) is 1. The van der Waals surface area contributed by atoms with Gasteiger partial charge in [0.25, 0.3) is 0 Å². The lowest BCUT2D eigenvalue weighted by atomic mass is 9.79. The molecule has 132 valence electrons. The fraction of sp³-hybridized carbons (Fsp3) is 0.368. The minimum atomic E-state index is -0.953. The Bertz CT molecular complexity index is 805. The molecule has 1 aromatic rings. The standard InChI is InChI=1S/C19H21BrN2O3/c1-18(2,11-21)14-7-6-13(9-15(14)20)19(25-4)10-12(17(22)23)5-8-16(19)24-3/h5-9H,10H2,1-4H3,(H2,22,23). The van der Waals surface area contributed by atoms with E-state index in [0.29, 0.717) is 11.3 Å². The van der Waals surface area contributed by atoms with Gasteiger partial charge in [-0.1, -0.05) is 28.1 Å². The maximum Gasteiger partial charge on any atom is 0.244 e. The largest absolute Gasteiger partial charge is 0.498 e. The van der Waals surface area contributed by atoms with E-state index in [2.05, 4.69) is 22.0 Å². The van der Waals surface area contributed by atoms with Crippen LogP contribution in [-0.4, -0.2) is 20.1 Å². The van der Waals surface area contributed by atoms with Gasteiger partial charge in [-0.3, -0.25) is 4.79 Å². The number of benzene rings is 1. The molecule has 5 nitrogen and oxygen atoms in total. The summed E-state index contributed by atoms with van der Waals surface area (Å²) in [5.74, 6) is 0.0910. The van der Waals surface area contributed by atoms with E-state index < -0.39 is 16.9 Å². The Morgan fingerprint density at radius 2 is 2.04 bits per heavy atom. The smallest absolute Gasteiger partial charge is 0.244 e. The van der Waals surface area contributed by atoms with Crippen LogP contribution in [0.25, 0.3) is 0 Å². The van der Waals surface area contributed by atoms with Crippen molar-refractivity contribution < 1.29 is 14.3 Å². The molecule has 0 aromatic heterocycles. The van der Waals surface area contributed by atoms with Crippen molar-refractivity contribution in [1.29, 1.82) is 5.26 Å². The van der Waals surface area contributed by atoms with Gasteiger partial charge in [-0.05, 0) is 43.2 Å². The average Bonchev–Trinajstić information content (AvgIpc) is 2.60. The Morgan fingerprint density at radius 3 is 2.52 bits per heavy atom. The number of hydrogen-bond donors (Lipinski definition) is 1. The van der Waals surface area contributed by atoms with E-state index in [-0.39, 0.29) is 6.42 Å². The first-order valence-corrected chi connectivity index (χ1v) is 8.53. The van der Waals surface area contributed by atoms with Crippen molar-refractivity contribution >= 4 is 21.8 Å². The predicted octanol–water partition coefficient (Wildman–Crippen LogP) is 3.44. The lowest BCUT2D eigenvalue weighted by Crippen LogP contribution is -2.36. The molecule has 1 aromatic carbocycles. The molecule has 1 atom stereocenters. The highest BCUT2D eigenvalue weighted by Crippen LogP contribution is 2.44. The summed E-state index contributed by atoms with van der Waals surface area (Å²) >= 11 is 3.56. The SMILES string of the molecule is COC1=CC=C(C(N)=O)CC1(OC)c1ccc(C(C)(C)C#N)c(Br)c1. The molecular weight excluding hydrogens is 384 g/mol. The van der Waals surface area contributed by atoms with Crippen LogP contribution in [-0.2, 0) is 25.3 Å². The van der Waals surface area contributed by atoms with Crippen LogP contribution >= 0.6 is 15.9 Å². The van der Waals surface area contributed by atoms with Gasteiger partial charge in [0.1, 0.15) is 5.76 Å². The Labute approximate surface area is 156 Å². The molecule has 2 rings (SSSR count). The second-order valence-corrected chi connectivity index (χ2v) is 7.28. The van der Waals surface area contributed by atoms with Crippen molar-refractivity contribution in [3.05, 3.63) is 57.3 Å². The summed E-state index contributed by atoms with van der Waals surface area (Å²) in [5, 5.41) is 9.38. The van der Waals surface area contributed by atoms with Gasteiger partial charge >= 0.3 is 0 Å². The lowest BCUT2D eigenvalue weighted by molar-refractivity contribution is -0.115. The van der Waals surface area contributed by atoms with Crippen LogP contribution in [0.3, 0.4) is 0 Å². The number of allylic oxidation sites excluding steroid dienone is 2. The molecule has 6 heteroatoms. The minimum Gasteiger partial charge on any atom is -0.498 e. The van der Waals surface area contributed by atoms with Crippen LogP contribution in [0.4, 0.5) is 0 Å². The second-order valence-electron chi connectivity index (χ2n) is 6.43. The highest BCUT2D eigenvalue weighted by atomic mass is 79.9. The van der Waals surface area contributed by atoms with Gasteiger partial charge in [0.05, 0.1) is 18.6 Å². The molecule has 1 amide bonds. The number of nitriles is 1. The summed E-state index contributed by atoms with van der Waals surface area (Å²) in [5.41, 5.74) is 6.00. The topological polar surface area (TPSA) is 85.3 Å². The maximum absolute atomic E-state index is 11.7. The maximum atomic E-state index is 11.7. The molecule has 0 spiro atoms. The molecule has 0 fully saturated rings. The zero-order valence-electron chi connectivity index (χ0n) is 14.7. The van der Waals surface area contributed by atoms with Gasteiger partial charge in [-0.15, -0.1) is 0 Å². The Kier molecular flexibility index (Phi) is 5.40. The molecule has 0 saturated carbocycles. The van der Waals surface area contributed by atoms with E-state index in [1.54, 1.807) is 26.4 Å². The number of nitrogens with zero attached hydrogens (tertiary/aromatic N) is 1. The molecular formula is C19H21BrN2O3. The number of amides is 1. The van der Waals surface area contributed by atoms with Crippen molar-refractivity contribution in [2.75, 3.05) is 14.2 Å². The summed E-state index contributed by atoms with van der Waals surface area (Å²) < 4.78 is 12.1. The van der Waals surface area contributed by atoms with Gasteiger partial charge in [-0.2, -0.15) is 5.26 Å². The van der Waals surface area contributed by atoms with Crippen LogP contribution in [0.1, 0.15) is 31.4 Å². The number of carbonyl (C=O) groups excluding carboxylic acids is 1. The van der Waals surface area contributed by atoms with E-state index in [1.807, 2.05) is 32.0 Å². The van der Waals surface area contributed by atoms with E-state index in [9.17, 15) is 10.1 Å². The molecule has 25 heavy (non-hydrogen) atoms. The molecule has 1 unspecified atom stereocenters. The number of primary amides is 1. The van der Waals surface area contributed by atoms with Gasteiger partial charge < -0.3 is 15.2 Å². The Hall–Kier alpha value is -2.10. The van der Waals surface area contributed by atoms with Gasteiger partial charge in [0.15, 0.2) is 5.60 Å². The number of hydrogen-bond acceptors (Lipinski definition) is 4. The summed E-state index contributed by atoms with van der Waals surface area (Å²) in [7, 11) is 3.13. The molecule has 0 radical (unpaired) electrons. The first kappa shape index (κ1) is 19.2. The van der Waals surface area contributed by atoms with Crippen molar-refractivity contribution in [3.8, 4) is 6.07 Å². The Balaban J connectivity index is 2.60. The number of ether oxygens (including phenoxy) is 2. The van der Waals surface area contributed by atoms with Crippen LogP contribution in [0, 0.1) is 11.3 Å².